The first-order valence-corrected chi connectivity index (χ1v) is 6.87. The summed E-state index contributed by atoms with van der Waals surface area (Å²) >= 11 is 6.14. The normalized spacial score (nSPS) is 11.7. The van der Waals surface area contributed by atoms with Crippen molar-refractivity contribution in [1.82, 2.24) is 4.98 Å². The first kappa shape index (κ1) is 13.5. The van der Waals surface area contributed by atoms with Crippen LogP contribution >= 0.6 is 11.6 Å². The van der Waals surface area contributed by atoms with Crippen molar-refractivity contribution < 1.29 is 0 Å². The maximum Gasteiger partial charge on any atom is 0.138 e. The molecule has 0 amide bonds. The van der Waals surface area contributed by atoms with Crippen molar-refractivity contribution in [2.24, 2.45) is 10.2 Å². The minimum atomic E-state index is 0.423. The van der Waals surface area contributed by atoms with Crippen LogP contribution in [0.5, 0.6) is 0 Å². The molecule has 1 aromatic heterocycles. The molecule has 0 aliphatic heterocycles. The topological polar surface area (TPSA) is 37.6 Å². The first-order chi connectivity index (χ1) is 10.3. The number of hydrogen-bond donors (Lipinski definition) is 0. The summed E-state index contributed by atoms with van der Waals surface area (Å²) in [5.41, 5.74) is 2.62. The molecule has 0 fully saturated rings. The summed E-state index contributed by atoms with van der Waals surface area (Å²) in [4.78, 5) is 4.33. The number of rotatable bonds is 3. The van der Waals surface area contributed by atoms with E-state index in [4.69, 9.17) is 11.6 Å². The number of halogens is 1. The third-order valence-electron chi connectivity index (χ3n) is 2.97. The number of benzene rings is 2. The van der Waals surface area contributed by atoms with E-state index in [1.54, 1.807) is 12.4 Å². The molecule has 0 aliphatic rings. The number of pyridine rings is 1. The summed E-state index contributed by atoms with van der Waals surface area (Å²) in [6, 6.07) is 19.6. The van der Waals surface area contributed by atoms with Crippen LogP contribution in [0.25, 0.3) is 10.9 Å². The number of para-hydroxylation sites is 1. The first-order valence-electron chi connectivity index (χ1n) is 6.50. The number of hydrogen-bond acceptors (Lipinski definition) is 3. The number of aromatic nitrogens is 1. The lowest BCUT2D eigenvalue weighted by atomic mass is 10.2. The van der Waals surface area contributed by atoms with Gasteiger partial charge in [0.05, 0.1) is 17.9 Å². The zero-order valence-corrected chi connectivity index (χ0v) is 11.9. The van der Waals surface area contributed by atoms with Gasteiger partial charge in [-0.05, 0) is 17.7 Å². The monoisotopic (exact) mass is 293 g/mol. The molecule has 1 heterocycles. The Morgan fingerprint density at radius 2 is 1.57 bits per heavy atom. The number of nitrogens with zero attached hydrogens (tertiary/aromatic N) is 3. The van der Waals surface area contributed by atoms with Crippen LogP contribution in [-0.4, -0.2) is 17.4 Å². The van der Waals surface area contributed by atoms with Crippen molar-refractivity contribution in [3.05, 3.63) is 76.9 Å². The Labute approximate surface area is 127 Å². The van der Waals surface area contributed by atoms with Gasteiger partial charge in [0.1, 0.15) is 5.15 Å². The van der Waals surface area contributed by atoms with E-state index in [2.05, 4.69) is 15.2 Å². The van der Waals surface area contributed by atoms with Crippen molar-refractivity contribution in [3.8, 4) is 0 Å². The van der Waals surface area contributed by atoms with E-state index in [9.17, 15) is 0 Å². The van der Waals surface area contributed by atoms with Crippen molar-refractivity contribution >= 4 is 34.9 Å². The third kappa shape index (κ3) is 3.33. The Kier molecular flexibility index (Phi) is 4.03. The van der Waals surface area contributed by atoms with Crippen molar-refractivity contribution in [3.63, 3.8) is 0 Å². The third-order valence-corrected chi connectivity index (χ3v) is 3.28. The minimum Gasteiger partial charge on any atom is -0.235 e. The Morgan fingerprint density at radius 3 is 2.43 bits per heavy atom. The van der Waals surface area contributed by atoms with Crippen LogP contribution in [-0.2, 0) is 0 Å². The molecular formula is C17H12ClN3. The Bertz CT molecular complexity index is 811. The summed E-state index contributed by atoms with van der Waals surface area (Å²) in [5.74, 6) is 0. The molecule has 21 heavy (non-hydrogen) atoms. The van der Waals surface area contributed by atoms with Gasteiger partial charge in [-0.1, -0.05) is 60.1 Å². The summed E-state index contributed by atoms with van der Waals surface area (Å²) < 4.78 is 0. The van der Waals surface area contributed by atoms with Gasteiger partial charge in [0.2, 0.25) is 0 Å². The average Bonchev–Trinajstić information content (AvgIpc) is 2.53. The molecule has 0 aliphatic carbocycles. The molecule has 0 atom stereocenters. The molecule has 3 aromatic rings. The Balaban J connectivity index is 1.83. The van der Waals surface area contributed by atoms with Gasteiger partial charge in [0.25, 0.3) is 0 Å². The molecule has 0 unspecified atom stereocenters. The second kappa shape index (κ2) is 6.29. The molecule has 3 rings (SSSR count). The van der Waals surface area contributed by atoms with E-state index >= 15 is 0 Å². The van der Waals surface area contributed by atoms with Gasteiger partial charge in [0.15, 0.2) is 0 Å². The maximum absolute atomic E-state index is 6.14. The predicted octanol–water partition coefficient (Wildman–Crippen LogP) is 4.34. The van der Waals surface area contributed by atoms with Crippen LogP contribution in [0.4, 0.5) is 0 Å². The van der Waals surface area contributed by atoms with E-state index in [1.807, 2.05) is 60.7 Å². The molecule has 0 saturated carbocycles. The van der Waals surface area contributed by atoms with Crippen molar-refractivity contribution in [2.75, 3.05) is 0 Å². The van der Waals surface area contributed by atoms with E-state index in [-0.39, 0.29) is 0 Å². The largest absolute Gasteiger partial charge is 0.235 e. The second-order valence-electron chi connectivity index (χ2n) is 4.46. The fraction of sp³-hybridized carbons (Fsp3) is 0. The summed E-state index contributed by atoms with van der Waals surface area (Å²) in [7, 11) is 0. The molecule has 2 aromatic carbocycles. The Morgan fingerprint density at radius 1 is 0.857 bits per heavy atom. The van der Waals surface area contributed by atoms with Crippen LogP contribution < -0.4 is 0 Å². The van der Waals surface area contributed by atoms with E-state index in [0.29, 0.717) is 5.15 Å². The van der Waals surface area contributed by atoms with Crippen molar-refractivity contribution in [1.29, 1.82) is 0 Å². The fourth-order valence-corrected chi connectivity index (χ4v) is 2.13. The lowest BCUT2D eigenvalue weighted by Crippen LogP contribution is -1.88. The molecule has 102 valence electrons. The van der Waals surface area contributed by atoms with Gasteiger partial charge in [-0.25, -0.2) is 4.98 Å². The van der Waals surface area contributed by atoms with Gasteiger partial charge in [0, 0.05) is 10.9 Å². The zero-order valence-electron chi connectivity index (χ0n) is 11.1. The van der Waals surface area contributed by atoms with E-state index < -0.39 is 0 Å². The van der Waals surface area contributed by atoms with Crippen LogP contribution in [0.2, 0.25) is 5.15 Å². The zero-order chi connectivity index (χ0) is 14.5. The maximum atomic E-state index is 6.14. The highest BCUT2D eigenvalue weighted by Crippen LogP contribution is 2.18. The van der Waals surface area contributed by atoms with E-state index in [1.165, 1.54) is 0 Å². The predicted molar refractivity (Wildman–Crippen MR) is 88.4 cm³/mol. The van der Waals surface area contributed by atoms with Gasteiger partial charge in [-0.3, -0.25) is 0 Å². The van der Waals surface area contributed by atoms with Crippen LogP contribution in [0, 0.1) is 0 Å². The summed E-state index contributed by atoms with van der Waals surface area (Å²) in [5, 5.41) is 9.49. The molecule has 3 nitrogen and oxygen atoms in total. The van der Waals surface area contributed by atoms with Gasteiger partial charge < -0.3 is 0 Å². The SMILES string of the molecule is Clc1nc2ccccc2cc1/C=N\N=C\c1ccccc1. The van der Waals surface area contributed by atoms with Crippen molar-refractivity contribution in [2.45, 2.75) is 0 Å². The highest BCUT2D eigenvalue weighted by atomic mass is 35.5. The van der Waals surface area contributed by atoms with Gasteiger partial charge >= 0.3 is 0 Å². The van der Waals surface area contributed by atoms with Gasteiger partial charge in [-0.2, -0.15) is 10.2 Å². The lowest BCUT2D eigenvalue weighted by molar-refractivity contribution is 1.26. The smallest absolute Gasteiger partial charge is 0.138 e. The van der Waals surface area contributed by atoms with Crippen LogP contribution in [0.3, 0.4) is 0 Å². The number of fused-ring (bicyclic) bond motifs is 1. The second-order valence-corrected chi connectivity index (χ2v) is 4.82. The van der Waals surface area contributed by atoms with E-state index in [0.717, 1.165) is 22.0 Å². The molecule has 0 bridgehead atoms. The summed E-state index contributed by atoms with van der Waals surface area (Å²) in [6.45, 7) is 0. The molecule has 0 spiro atoms. The Hall–Kier alpha value is -2.52. The average molecular weight is 294 g/mol. The highest BCUT2D eigenvalue weighted by molar-refractivity contribution is 6.32. The fourth-order valence-electron chi connectivity index (χ4n) is 1.93. The summed E-state index contributed by atoms with van der Waals surface area (Å²) in [6.07, 6.45) is 3.31. The lowest BCUT2D eigenvalue weighted by Gasteiger charge is -2.00. The minimum absolute atomic E-state index is 0.423. The molecular weight excluding hydrogens is 282 g/mol. The quantitative estimate of drug-likeness (QED) is 0.402. The molecule has 0 saturated heterocycles. The standard InChI is InChI=1S/C17H12ClN3/c18-17-15(10-14-8-4-5-9-16(14)21-17)12-20-19-11-13-6-2-1-3-7-13/h1-12H/b19-11+,20-12-. The molecule has 4 heteroatoms. The van der Waals surface area contributed by atoms with Gasteiger partial charge in [-0.15, -0.1) is 0 Å². The molecule has 0 radical (unpaired) electrons. The molecule has 0 N–H and O–H groups in total. The van der Waals surface area contributed by atoms with Crippen LogP contribution in [0.15, 0.2) is 70.9 Å². The highest BCUT2D eigenvalue weighted by Gasteiger charge is 2.01. The van der Waals surface area contributed by atoms with Crippen LogP contribution in [0.1, 0.15) is 11.1 Å².